The molecule has 1 aliphatic carbocycles. The average Bonchev–Trinajstić information content (AvgIpc) is 2.16. The van der Waals surface area contributed by atoms with Gasteiger partial charge in [0.2, 0.25) is 0 Å². The van der Waals surface area contributed by atoms with Crippen molar-refractivity contribution in [3.63, 3.8) is 0 Å². The fourth-order valence-electron chi connectivity index (χ4n) is 1.40. The minimum atomic E-state index is 0.672. The van der Waals surface area contributed by atoms with Crippen molar-refractivity contribution in [2.45, 2.75) is 32.6 Å². The van der Waals surface area contributed by atoms with Crippen LogP contribution in [0.4, 0.5) is 0 Å². The van der Waals surface area contributed by atoms with Crippen LogP contribution in [0, 0.1) is 11.8 Å². The van der Waals surface area contributed by atoms with Gasteiger partial charge < -0.3 is 0 Å². The zero-order valence-corrected chi connectivity index (χ0v) is 9.42. The Bertz CT molecular complexity index is 291. The monoisotopic (exact) mass is 214 g/mol. The van der Waals surface area contributed by atoms with Crippen molar-refractivity contribution in [1.29, 1.82) is 0 Å². The van der Waals surface area contributed by atoms with Gasteiger partial charge in [0.25, 0.3) is 0 Å². The van der Waals surface area contributed by atoms with Crippen LogP contribution in [0.2, 0.25) is 0 Å². The summed E-state index contributed by atoms with van der Waals surface area (Å²) in [4.78, 5) is 0. The Labute approximate surface area is 88.1 Å². The van der Waals surface area contributed by atoms with E-state index in [0.717, 1.165) is 6.42 Å². The maximum atomic E-state index is 4.94. The second kappa shape index (κ2) is 5.40. The Kier molecular flexibility index (Phi) is 4.47. The fourth-order valence-corrected chi connectivity index (χ4v) is 1.48. The molecule has 0 radical (unpaired) electrons. The van der Waals surface area contributed by atoms with E-state index in [4.69, 9.17) is 4.74 Å². The number of rotatable bonds is 1. The molecule has 1 nitrogen and oxygen atoms in total. The normalized spacial score (nSPS) is 16.5. The van der Waals surface area contributed by atoms with Gasteiger partial charge in [0, 0.05) is 0 Å². The molecule has 2 heteroatoms. The van der Waals surface area contributed by atoms with Gasteiger partial charge in [0.05, 0.1) is 0 Å². The molecule has 13 heavy (non-hydrogen) atoms. The van der Waals surface area contributed by atoms with Crippen LogP contribution in [-0.4, -0.2) is 11.7 Å². The summed E-state index contributed by atoms with van der Waals surface area (Å²) in [6, 6.07) is 0. The summed E-state index contributed by atoms with van der Waals surface area (Å²) in [7, 11) is 1.63. The molecule has 0 bridgehead atoms. The molecule has 0 N–H and O–H groups in total. The standard InChI is InChI=1S/C11H14O.Cr/c1-10-6-3-4-7-11(10)8-5-9-12-2;/h3-4,6-7H2,1-2H3;. The van der Waals surface area contributed by atoms with Gasteiger partial charge in [-0.1, -0.05) is 0 Å². The van der Waals surface area contributed by atoms with Crippen LogP contribution in [0.5, 0.6) is 0 Å². The van der Waals surface area contributed by atoms with E-state index in [0.29, 0.717) is 4.57 Å². The Balaban J connectivity index is 2.69. The zero-order chi connectivity index (χ0) is 9.68. The van der Waals surface area contributed by atoms with Crippen molar-refractivity contribution in [3.8, 4) is 11.8 Å². The van der Waals surface area contributed by atoms with E-state index < -0.39 is 0 Å². The molecule has 1 rings (SSSR count). The van der Waals surface area contributed by atoms with Gasteiger partial charge in [-0.2, -0.15) is 0 Å². The topological polar surface area (TPSA) is 9.23 Å². The molecule has 0 saturated carbocycles. The van der Waals surface area contributed by atoms with Crippen LogP contribution < -0.4 is 0 Å². The summed E-state index contributed by atoms with van der Waals surface area (Å²) in [6.07, 6.45) is 4.93. The molecule has 0 atom stereocenters. The van der Waals surface area contributed by atoms with Gasteiger partial charge in [0.15, 0.2) is 0 Å². The van der Waals surface area contributed by atoms with Gasteiger partial charge in [-0.05, 0) is 0 Å². The van der Waals surface area contributed by atoms with E-state index in [1.165, 1.54) is 30.4 Å². The first kappa shape index (κ1) is 10.7. The third kappa shape index (κ3) is 3.49. The number of hydrogen-bond acceptors (Lipinski definition) is 1. The predicted octanol–water partition coefficient (Wildman–Crippen LogP) is 2.20. The zero-order valence-electron chi connectivity index (χ0n) is 8.14. The van der Waals surface area contributed by atoms with Crippen LogP contribution in [0.3, 0.4) is 0 Å². The molecule has 0 heterocycles. The van der Waals surface area contributed by atoms with Crippen molar-refractivity contribution in [2.75, 3.05) is 7.11 Å². The number of allylic oxidation sites excluding steroid dienone is 2. The third-order valence-corrected chi connectivity index (χ3v) is 2.66. The average molecular weight is 214 g/mol. The van der Waals surface area contributed by atoms with Crippen molar-refractivity contribution in [1.82, 2.24) is 0 Å². The molecule has 0 amide bonds. The summed E-state index contributed by atoms with van der Waals surface area (Å²) in [5, 5.41) is 0. The summed E-state index contributed by atoms with van der Waals surface area (Å²) < 4.78 is 5.61. The van der Waals surface area contributed by atoms with E-state index in [1.807, 2.05) is 0 Å². The molecule has 0 aliphatic heterocycles. The van der Waals surface area contributed by atoms with E-state index >= 15 is 0 Å². The molecular weight excluding hydrogens is 200 g/mol. The van der Waals surface area contributed by atoms with Crippen LogP contribution in [0.1, 0.15) is 32.6 Å². The van der Waals surface area contributed by atoms with Crippen molar-refractivity contribution in [3.05, 3.63) is 11.1 Å². The second-order valence-corrected chi connectivity index (χ2v) is 3.79. The number of hydrogen-bond donors (Lipinski definition) is 0. The predicted molar refractivity (Wildman–Crippen MR) is 51.0 cm³/mol. The molecule has 0 fully saturated rings. The molecule has 1 aliphatic rings. The fraction of sp³-hybridized carbons (Fsp3) is 0.545. The Hall–Kier alpha value is -0.338. The maximum absolute atomic E-state index is 4.94. The quantitative estimate of drug-likeness (QED) is 0.608. The van der Waals surface area contributed by atoms with Crippen molar-refractivity contribution >= 4 is 4.57 Å². The molecule has 0 aromatic heterocycles. The van der Waals surface area contributed by atoms with Gasteiger partial charge in [-0.3, -0.25) is 0 Å². The summed E-state index contributed by atoms with van der Waals surface area (Å²) in [6.45, 7) is 2.18. The molecule has 0 aromatic carbocycles. The minimum absolute atomic E-state index is 0.672. The van der Waals surface area contributed by atoms with Gasteiger partial charge in [-0.15, -0.1) is 0 Å². The van der Waals surface area contributed by atoms with Crippen LogP contribution in [0.25, 0.3) is 0 Å². The first-order valence-corrected chi connectivity index (χ1v) is 5.16. The first-order valence-electron chi connectivity index (χ1n) is 4.52. The SMILES string of the molecule is CO[C](=[Cr])C#CC1=C(C)CCCC1. The van der Waals surface area contributed by atoms with E-state index in [2.05, 4.69) is 34.6 Å². The molecular formula is C11H14CrO. The Morgan fingerprint density at radius 2 is 2.08 bits per heavy atom. The van der Waals surface area contributed by atoms with Gasteiger partial charge in [-0.25, -0.2) is 0 Å². The van der Waals surface area contributed by atoms with Crippen LogP contribution in [-0.2, 0) is 20.6 Å². The number of ether oxygens (including phenoxy) is 1. The summed E-state index contributed by atoms with van der Waals surface area (Å²) in [5.41, 5.74) is 2.75. The first-order chi connectivity index (χ1) is 6.24. The molecule has 70 valence electrons. The molecule has 0 spiro atoms. The second-order valence-electron chi connectivity index (χ2n) is 3.21. The van der Waals surface area contributed by atoms with E-state index in [9.17, 15) is 0 Å². The number of methoxy groups -OCH3 is 1. The molecule has 0 unspecified atom stereocenters. The van der Waals surface area contributed by atoms with Crippen molar-refractivity contribution < 1.29 is 20.6 Å². The Morgan fingerprint density at radius 1 is 1.38 bits per heavy atom. The van der Waals surface area contributed by atoms with E-state index in [-0.39, 0.29) is 0 Å². The van der Waals surface area contributed by atoms with Crippen molar-refractivity contribution in [2.24, 2.45) is 0 Å². The van der Waals surface area contributed by atoms with Gasteiger partial charge in [0.1, 0.15) is 0 Å². The van der Waals surface area contributed by atoms with Crippen LogP contribution >= 0.6 is 0 Å². The molecule has 0 saturated heterocycles. The Morgan fingerprint density at radius 3 is 2.69 bits per heavy atom. The van der Waals surface area contributed by atoms with Crippen LogP contribution in [0.15, 0.2) is 11.1 Å². The summed E-state index contributed by atoms with van der Waals surface area (Å²) in [5.74, 6) is 6.12. The molecule has 0 aromatic rings. The summed E-state index contributed by atoms with van der Waals surface area (Å²) >= 11 is 2.78. The van der Waals surface area contributed by atoms with E-state index in [1.54, 1.807) is 7.11 Å². The van der Waals surface area contributed by atoms with Gasteiger partial charge >= 0.3 is 87.9 Å². The third-order valence-electron chi connectivity index (χ3n) is 2.24.